The van der Waals surface area contributed by atoms with Gasteiger partial charge in [0.25, 0.3) is 0 Å². The molecule has 0 atom stereocenters. The molecule has 0 radical (unpaired) electrons. The first kappa shape index (κ1) is 13.5. The Kier molecular flexibility index (Phi) is 4.35. The largest absolute Gasteiger partial charge is 0.492 e. The van der Waals surface area contributed by atoms with Crippen molar-refractivity contribution < 1.29 is 13.2 Å². The number of sulfonamides is 1. The molecule has 2 N–H and O–H groups in total. The minimum atomic E-state index is -3.66. The van der Waals surface area contributed by atoms with Crippen molar-refractivity contribution in [3.05, 3.63) is 22.7 Å². The molecule has 16 heavy (non-hydrogen) atoms. The van der Waals surface area contributed by atoms with Crippen LogP contribution < -0.4 is 9.88 Å². The van der Waals surface area contributed by atoms with Crippen LogP contribution in [0.2, 0.25) is 0 Å². The van der Waals surface area contributed by atoms with E-state index >= 15 is 0 Å². The fraction of sp³-hybridized carbons (Fsp3) is 0.400. The van der Waals surface area contributed by atoms with Gasteiger partial charge in [-0.1, -0.05) is 13.8 Å². The molecule has 0 aliphatic carbocycles. The van der Waals surface area contributed by atoms with Crippen molar-refractivity contribution >= 4 is 26.0 Å². The van der Waals surface area contributed by atoms with Crippen molar-refractivity contribution in [2.24, 2.45) is 11.1 Å². The van der Waals surface area contributed by atoms with E-state index in [-0.39, 0.29) is 4.90 Å². The number of nitrogens with two attached hydrogens (primary N) is 1. The quantitative estimate of drug-likeness (QED) is 0.926. The van der Waals surface area contributed by atoms with Crippen LogP contribution in [0, 0.1) is 5.92 Å². The number of ether oxygens (including phenoxy) is 1. The van der Waals surface area contributed by atoms with Crippen LogP contribution in [0.25, 0.3) is 0 Å². The number of primary sulfonamides is 1. The number of halogens is 1. The van der Waals surface area contributed by atoms with Crippen LogP contribution in [0.4, 0.5) is 0 Å². The molecule has 0 saturated heterocycles. The fourth-order valence-electron chi connectivity index (χ4n) is 1.03. The van der Waals surface area contributed by atoms with Gasteiger partial charge in [0.1, 0.15) is 5.75 Å². The molecule has 0 amide bonds. The van der Waals surface area contributed by atoms with Gasteiger partial charge >= 0.3 is 0 Å². The average Bonchev–Trinajstić information content (AvgIpc) is 2.14. The van der Waals surface area contributed by atoms with E-state index in [4.69, 9.17) is 9.88 Å². The van der Waals surface area contributed by atoms with Gasteiger partial charge in [-0.2, -0.15) is 0 Å². The van der Waals surface area contributed by atoms with Crippen LogP contribution in [-0.2, 0) is 10.0 Å². The van der Waals surface area contributed by atoms with E-state index in [0.29, 0.717) is 22.7 Å². The van der Waals surface area contributed by atoms with Crippen molar-refractivity contribution in [1.82, 2.24) is 0 Å². The molecular weight excluding hydrogens is 294 g/mol. The molecule has 0 bridgehead atoms. The third-order valence-corrected chi connectivity index (χ3v) is 3.33. The van der Waals surface area contributed by atoms with Gasteiger partial charge in [-0.3, -0.25) is 0 Å². The number of benzene rings is 1. The molecule has 0 aromatic heterocycles. The highest BCUT2D eigenvalue weighted by Gasteiger charge is 2.11. The Hall–Kier alpha value is -0.590. The molecule has 0 aliphatic heterocycles. The minimum Gasteiger partial charge on any atom is -0.492 e. The molecule has 0 saturated carbocycles. The van der Waals surface area contributed by atoms with E-state index < -0.39 is 10.0 Å². The predicted octanol–water partition coefficient (Wildman–Crippen LogP) is 2.13. The van der Waals surface area contributed by atoms with E-state index in [2.05, 4.69) is 15.9 Å². The lowest BCUT2D eigenvalue weighted by molar-refractivity contribution is 0.269. The molecule has 6 heteroatoms. The fourth-order valence-corrected chi connectivity index (χ4v) is 2.22. The van der Waals surface area contributed by atoms with Crippen molar-refractivity contribution in [3.63, 3.8) is 0 Å². The summed E-state index contributed by atoms with van der Waals surface area (Å²) in [5, 5.41) is 5.01. The second-order valence-corrected chi connectivity index (χ2v) is 6.26. The Balaban J connectivity index is 2.92. The summed E-state index contributed by atoms with van der Waals surface area (Å²) in [7, 11) is -3.66. The Bertz CT molecular complexity index is 471. The van der Waals surface area contributed by atoms with E-state index in [1.165, 1.54) is 12.1 Å². The molecular formula is C10H14BrNO3S. The lowest BCUT2D eigenvalue weighted by atomic mass is 10.2. The first-order valence-corrected chi connectivity index (χ1v) is 7.10. The summed E-state index contributed by atoms with van der Waals surface area (Å²) in [6, 6.07) is 4.45. The SMILES string of the molecule is CC(C)COc1ccc(S(N)(=O)=O)cc1Br. The summed E-state index contributed by atoms with van der Waals surface area (Å²) < 4.78 is 28.2. The normalized spacial score (nSPS) is 11.8. The maximum absolute atomic E-state index is 11.1. The standard InChI is InChI=1S/C10H14BrNO3S/c1-7(2)6-15-10-4-3-8(5-9(10)11)16(12,13)14/h3-5,7H,6H2,1-2H3,(H2,12,13,14). The molecule has 0 unspecified atom stereocenters. The van der Waals surface area contributed by atoms with Gasteiger partial charge in [-0.05, 0) is 40.0 Å². The van der Waals surface area contributed by atoms with E-state index in [1.807, 2.05) is 13.8 Å². The highest BCUT2D eigenvalue weighted by atomic mass is 79.9. The third-order valence-electron chi connectivity index (χ3n) is 1.80. The van der Waals surface area contributed by atoms with Crippen molar-refractivity contribution in [2.45, 2.75) is 18.7 Å². The molecule has 1 aromatic rings. The van der Waals surface area contributed by atoms with Crippen LogP contribution in [0.1, 0.15) is 13.8 Å². The second kappa shape index (κ2) is 5.16. The van der Waals surface area contributed by atoms with Gasteiger partial charge in [0.15, 0.2) is 0 Å². The zero-order chi connectivity index (χ0) is 12.3. The summed E-state index contributed by atoms with van der Waals surface area (Å²) >= 11 is 3.24. The van der Waals surface area contributed by atoms with E-state index in [1.54, 1.807) is 6.07 Å². The van der Waals surface area contributed by atoms with Gasteiger partial charge in [0, 0.05) is 0 Å². The van der Waals surface area contributed by atoms with E-state index in [9.17, 15) is 8.42 Å². The van der Waals surface area contributed by atoms with Crippen molar-refractivity contribution in [2.75, 3.05) is 6.61 Å². The molecule has 0 spiro atoms. The molecule has 0 aliphatic rings. The van der Waals surface area contributed by atoms with Crippen LogP contribution in [0.15, 0.2) is 27.6 Å². The maximum atomic E-state index is 11.1. The minimum absolute atomic E-state index is 0.0660. The summed E-state index contributed by atoms with van der Waals surface area (Å²) in [4.78, 5) is 0.0660. The van der Waals surface area contributed by atoms with Crippen molar-refractivity contribution in [3.8, 4) is 5.75 Å². The summed E-state index contributed by atoms with van der Waals surface area (Å²) in [5.41, 5.74) is 0. The van der Waals surface area contributed by atoms with E-state index in [0.717, 1.165) is 0 Å². The number of hydrogen-bond donors (Lipinski definition) is 1. The average molecular weight is 308 g/mol. The smallest absolute Gasteiger partial charge is 0.238 e. The summed E-state index contributed by atoms with van der Waals surface area (Å²) in [6.07, 6.45) is 0. The first-order chi connectivity index (χ1) is 7.30. The van der Waals surface area contributed by atoms with Gasteiger partial charge in [-0.15, -0.1) is 0 Å². The van der Waals surface area contributed by atoms with Crippen LogP contribution in [0.5, 0.6) is 5.75 Å². The Labute approximate surface area is 104 Å². The van der Waals surface area contributed by atoms with Gasteiger partial charge < -0.3 is 4.74 Å². The monoisotopic (exact) mass is 307 g/mol. The highest BCUT2D eigenvalue weighted by molar-refractivity contribution is 9.10. The molecule has 1 aromatic carbocycles. The summed E-state index contributed by atoms with van der Waals surface area (Å²) in [5.74, 6) is 1.02. The Morgan fingerprint density at radius 1 is 1.44 bits per heavy atom. The van der Waals surface area contributed by atoms with Crippen LogP contribution in [0.3, 0.4) is 0 Å². The zero-order valence-corrected chi connectivity index (χ0v) is 11.5. The lowest BCUT2D eigenvalue weighted by Gasteiger charge is -2.10. The van der Waals surface area contributed by atoms with Gasteiger partial charge in [0.2, 0.25) is 10.0 Å². The summed E-state index contributed by atoms with van der Waals surface area (Å²) in [6.45, 7) is 4.65. The Morgan fingerprint density at radius 2 is 2.06 bits per heavy atom. The van der Waals surface area contributed by atoms with Crippen molar-refractivity contribution in [1.29, 1.82) is 0 Å². The van der Waals surface area contributed by atoms with Gasteiger partial charge in [0.05, 0.1) is 16.0 Å². The van der Waals surface area contributed by atoms with Crippen LogP contribution >= 0.6 is 15.9 Å². The maximum Gasteiger partial charge on any atom is 0.238 e. The zero-order valence-electron chi connectivity index (χ0n) is 9.10. The highest BCUT2D eigenvalue weighted by Crippen LogP contribution is 2.27. The predicted molar refractivity (Wildman–Crippen MR) is 65.8 cm³/mol. The molecule has 0 fully saturated rings. The Morgan fingerprint density at radius 3 is 2.50 bits per heavy atom. The van der Waals surface area contributed by atoms with Gasteiger partial charge in [-0.25, -0.2) is 13.6 Å². The molecule has 90 valence electrons. The molecule has 1 rings (SSSR count). The number of hydrogen-bond acceptors (Lipinski definition) is 3. The second-order valence-electron chi connectivity index (χ2n) is 3.84. The molecule has 4 nitrogen and oxygen atoms in total. The third kappa shape index (κ3) is 3.77. The first-order valence-electron chi connectivity index (χ1n) is 4.76. The van der Waals surface area contributed by atoms with Crippen LogP contribution in [-0.4, -0.2) is 15.0 Å². The molecule has 0 heterocycles. The lowest BCUT2D eigenvalue weighted by Crippen LogP contribution is -2.12. The number of rotatable bonds is 4. The topological polar surface area (TPSA) is 69.4 Å².